The van der Waals surface area contributed by atoms with Crippen molar-refractivity contribution in [2.45, 2.75) is 19.2 Å². The maximum Gasteiger partial charge on any atom is 0.330 e. The van der Waals surface area contributed by atoms with E-state index in [1.54, 1.807) is 0 Å². The fraction of sp³-hybridized carbons (Fsp3) is 0.238. The first-order valence-electron chi connectivity index (χ1n) is 9.42. The van der Waals surface area contributed by atoms with Crippen molar-refractivity contribution in [2.75, 3.05) is 12.4 Å². The average Bonchev–Trinajstić information content (AvgIpc) is 2.74. The summed E-state index contributed by atoms with van der Waals surface area (Å²) in [4.78, 5) is 24.7. The van der Waals surface area contributed by atoms with Gasteiger partial charge < -0.3 is 4.74 Å². The normalized spacial score (nSPS) is 11.6. The lowest BCUT2D eigenvalue weighted by molar-refractivity contribution is 0.0744. The Morgan fingerprint density at radius 1 is 0.933 bits per heavy atom. The van der Waals surface area contributed by atoms with Crippen LogP contribution in [0.2, 0.25) is 0 Å². The summed E-state index contributed by atoms with van der Waals surface area (Å²) < 4.78 is 34.6. The predicted molar refractivity (Wildman–Crippen MR) is 114 cm³/mol. The second-order valence-electron chi connectivity index (χ2n) is 6.66. The third-order valence-corrected chi connectivity index (χ3v) is 5.81. The van der Waals surface area contributed by atoms with E-state index in [4.69, 9.17) is 4.74 Å². The summed E-state index contributed by atoms with van der Waals surface area (Å²) in [6.45, 7) is 0.0769. The van der Waals surface area contributed by atoms with E-state index in [1.165, 1.54) is 16.8 Å². The lowest BCUT2D eigenvalue weighted by Crippen LogP contribution is -2.32. The quantitative estimate of drug-likeness (QED) is 0.476. The molecule has 0 fully saturated rings. The van der Waals surface area contributed by atoms with Crippen LogP contribution in [0.3, 0.4) is 0 Å². The molecule has 0 amide bonds. The Hall–Kier alpha value is -3.01. The largest absolute Gasteiger partial charge is 0.361 e. The molecule has 158 valence electrons. The van der Waals surface area contributed by atoms with Gasteiger partial charge in [-0.15, -0.1) is 0 Å². The van der Waals surface area contributed by atoms with Crippen molar-refractivity contribution in [3.8, 4) is 0 Å². The Balaban J connectivity index is 1.57. The fourth-order valence-corrected chi connectivity index (χ4v) is 4.16. The molecule has 0 aliphatic rings. The third-order valence-electron chi connectivity index (χ3n) is 4.39. The molecule has 1 heterocycles. The number of rotatable bonds is 10. The van der Waals surface area contributed by atoms with E-state index < -0.39 is 27.3 Å². The highest BCUT2D eigenvalue weighted by Gasteiger charge is 2.20. The molecule has 30 heavy (non-hydrogen) atoms. The van der Waals surface area contributed by atoms with E-state index in [1.807, 2.05) is 60.7 Å². The number of H-pyrrole nitrogens is 1. The van der Waals surface area contributed by atoms with Gasteiger partial charge in [-0.25, -0.2) is 17.9 Å². The highest BCUT2D eigenvalue weighted by Crippen LogP contribution is 2.22. The number of benzene rings is 2. The van der Waals surface area contributed by atoms with Crippen LogP contribution in [0.25, 0.3) is 0 Å². The Morgan fingerprint density at radius 3 is 2.10 bits per heavy atom. The van der Waals surface area contributed by atoms with Crippen LogP contribution in [0.4, 0.5) is 0 Å². The minimum Gasteiger partial charge on any atom is -0.361 e. The highest BCUT2D eigenvalue weighted by molar-refractivity contribution is 7.89. The molecule has 3 rings (SSSR count). The molecule has 8 nitrogen and oxygen atoms in total. The Morgan fingerprint density at radius 2 is 1.53 bits per heavy atom. The zero-order chi connectivity index (χ0) is 21.4. The van der Waals surface area contributed by atoms with Gasteiger partial charge in [-0.05, 0) is 17.5 Å². The molecule has 1 aromatic heterocycles. The van der Waals surface area contributed by atoms with Gasteiger partial charge in [0.25, 0.3) is 5.56 Å². The monoisotopic (exact) mass is 429 g/mol. The number of nitrogens with one attached hydrogen (secondary N) is 2. The van der Waals surface area contributed by atoms with Crippen molar-refractivity contribution in [3.05, 3.63) is 105 Å². The van der Waals surface area contributed by atoms with Crippen LogP contribution >= 0.6 is 0 Å². The molecule has 0 radical (unpaired) electrons. The number of hydrogen-bond acceptors (Lipinski definition) is 5. The Kier molecular flexibility index (Phi) is 7.34. The second kappa shape index (κ2) is 10.1. The molecule has 9 heteroatoms. The smallest absolute Gasteiger partial charge is 0.330 e. The molecule has 0 spiro atoms. The van der Waals surface area contributed by atoms with Crippen molar-refractivity contribution in [1.29, 1.82) is 0 Å². The van der Waals surface area contributed by atoms with Crippen LogP contribution in [0.5, 0.6) is 0 Å². The van der Waals surface area contributed by atoms with Gasteiger partial charge in [-0.1, -0.05) is 60.7 Å². The van der Waals surface area contributed by atoms with Crippen molar-refractivity contribution >= 4 is 10.0 Å². The number of nitrogens with zero attached hydrogens (tertiary/aromatic N) is 1. The third kappa shape index (κ3) is 6.24. The van der Waals surface area contributed by atoms with E-state index in [-0.39, 0.29) is 25.5 Å². The maximum absolute atomic E-state index is 12.7. The number of aromatic amines is 1. The fourth-order valence-electron chi connectivity index (χ4n) is 2.92. The minimum absolute atomic E-state index is 0.0697. The molecule has 3 aromatic rings. The summed E-state index contributed by atoms with van der Waals surface area (Å²) >= 11 is 0. The molecule has 2 N–H and O–H groups in total. The van der Waals surface area contributed by atoms with E-state index in [2.05, 4.69) is 9.71 Å². The van der Waals surface area contributed by atoms with Crippen molar-refractivity contribution in [2.24, 2.45) is 0 Å². The summed E-state index contributed by atoms with van der Waals surface area (Å²) in [5, 5.41) is 0. The first-order valence-corrected chi connectivity index (χ1v) is 11.1. The summed E-state index contributed by atoms with van der Waals surface area (Å²) in [5.41, 5.74) is 0.632. The highest BCUT2D eigenvalue weighted by atomic mass is 32.2. The zero-order valence-corrected chi connectivity index (χ0v) is 17.0. The van der Waals surface area contributed by atoms with Gasteiger partial charge in [0.1, 0.15) is 6.73 Å². The SMILES string of the molecule is O=c1ccn(COCCCS(=O)(=O)NC(c2ccccc2)c2ccccc2)c(=O)[nH]1. The molecule has 0 aliphatic carbocycles. The number of aromatic nitrogens is 2. The molecule has 0 atom stereocenters. The molecular formula is C21H23N3O5S. The van der Waals surface area contributed by atoms with Gasteiger partial charge in [-0.3, -0.25) is 14.3 Å². The summed E-state index contributed by atoms with van der Waals surface area (Å²) in [6, 6.07) is 19.5. The second-order valence-corrected chi connectivity index (χ2v) is 8.54. The summed E-state index contributed by atoms with van der Waals surface area (Å²) in [6.07, 6.45) is 1.58. The zero-order valence-electron chi connectivity index (χ0n) is 16.2. The van der Waals surface area contributed by atoms with E-state index in [0.717, 1.165) is 11.1 Å². The van der Waals surface area contributed by atoms with Gasteiger partial charge in [-0.2, -0.15) is 0 Å². The van der Waals surface area contributed by atoms with Crippen LogP contribution in [0.15, 0.2) is 82.5 Å². The summed E-state index contributed by atoms with van der Waals surface area (Å²) in [5.74, 6) is -0.121. The molecule has 2 aromatic carbocycles. The first-order chi connectivity index (χ1) is 14.4. The molecule has 0 saturated carbocycles. The minimum atomic E-state index is -3.58. The molecule has 0 saturated heterocycles. The van der Waals surface area contributed by atoms with Crippen LogP contribution in [-0.2, 0) is 21.5 Å². The van der Waals surface area contributed by atoms with Crippen molar-refractivity contribution in [3.63, 3.8) is 0 Å². The maximum atomic E-state index is 12.7. The van der Waals surface area contributed by atoms with E-state index in [9.17, 15) is 18.0 Å². The number of hydrogen-bond donors (Lipinski definition) is 2. The van der Waals surface area contributed by atoms with Gasteiger partial charge in [0, 0.05) is 18.9 Å². The Bertz CT molecular complexity index is 1120. The van der Waals surface area contributed by atoms with Gasteiger partial charge in [0.05, 0.1) is 11.8 Å². The average molecular weight is 429 g/mol. The number of ether oxygens (including phenoxy) is 1. The van der Waals surface area contributed by atoms with Crippen LogP contribution < -0.4 is 16.0 Å². The topological polar surface area (TPSA) is 110 Å². The van der Waals surface area contributed by atoms with E-state index >= 15 is 0 Å². The lowest BCUT2D eigenvalue weighted by atomic mass is 10.00. The van der Waals surface area contributed by atoms with Crippen molar-refractivity contribution in [1.82, 2.24) is 14.3 Å². The van der Waals surface area contributed by atoms with Crippen LogP contribution in [0.1, 0.15) is 23.6 Å². The van der Waals surface area contributed by atoms with Gasteiger partial charge >= 0.3 is 5.69 Å². The molecule has 0 bridgehead atoms. The Labute approximate surface area is 174 Å². The number of sulfonamides is 1. The van der Waals surface area contributed by atoms with Crippen LogP contribution in [-0.4, -0.2) is 30.3 Å². The van der Waals surface area contributed by atoms with E-state index in [0.29, 0.717) is 0 Å². The van der Waals surface area contributed by atoms with Crippen molar-refractivity contribution < 1.29 is 13.2 Å². The molecule has 0 unspecified atom stereocenters. The standard InChI is InChI=1S/C21H23N3O5S/c25-19-12-13-24(21(26)22-19)16-29-14-7-15-30(27,28)23-20(17-8-3-1-4-9-17)18-10-5-2-6-11-18/h1-6,8-13,20,23H,7,14-16H2,(H,22,25,26). The molecule has 0 aliphatic heterocycles. The predicted octanol–water partition coefficient (Wildman–Crippen LogP) is 1.61. The van der Waals surface area contributed by atoms with Crippen LogP contribution in [0, 0.1) is 0 Å². The summed E-state index contributed by atoms with van der Waals surface area (Å²) in [7, 11) is -3.58. The first kappa shape index (κ1) is 21.7. The van der Waals surface area contributed by atoms with Gasteiger partial charge in [0.15, 0.2) is 0 Å². The molecular weight excluding hydrogens is 406 g/mol. The lowest BCUT2D eigenvalue weighted by Gasteiger charge is -2.20. The van der Waals surface area contributed by atoms with Gasteiger partial charge in [0.2, 0.25) is 10.0 Å².